The molecule has 0 radical (unpaired) electrons. The fourth-order valence-corrected chi connectivity index (χ4v) is 12.1. The Bertz CT molecular complexity index is 3720. The second kappa shape index (κ2) is 18.1. The van der Waals surface area contributed by atoms with Gasteiger partial charge in [0.25, 0.3) is 0 Å². The van der Waals surface area contributed by atoms with E-state index >= 15 is 0 Å². The highest BCUT2D eigenvalue weighted by molar-refractivity contribution is 6.17. The number of benzene rings is 9. The van der Waals surface area contributed by atoms with Gasteiger partial charge in [0.2, 0.25) is 0 Å². The molecule has 9 aromatic carbocycles. The van der Waals surface area contributed by atoms with Crippen molar-refractivity contribution in [3.63, 3.8) is 0 Å². The number of anilines is 4. The summed E-state index contributed by atoms with van der Waals surface area (Å²) in [5.74, 6) is 0. The van der Waals surface area contributed by atoms with Crippen LogP contribution in [-0.4, -0.2) is 0 Å². The maximum atomic E-state index is 4.71. The highest BCUT2D eigenvalue weighted by atomic mass is 15.2. The summed E-state index contributed by atoms with van der Waals surface area (Å²) < 4.78 is 0. The van der Waals surface area contributed by atoms with Crippen LogP contribution in [0, 0.1) is 0 Å². The quantitative estimate of drug-likeness (QED) is 0.135. The summed E-state index contributed by atoms with van der Waals surface area (Å²) in [6, 6.07) is 64.4. The standard InChI is InChI=1S/C70H60N2/c1-10-26-60-46(5)71(64-36-22-19-33-61(64)69(60,6)7)44-43-58-52(13-4)67(56-42-41-54(47-27-15-14-16-28-47)50(11-2)51(56)12-3)59-45-49(39-40-57(59)68(58)55-32-25-30-48-29-17-18-31-53(48)55)72-65-37-23-20-34-62(65)70(8,9)63-35-21-24-38-66(63)72/h10-45H,2-4H2,1,5-9H3/b26-10-,44-43+. The van der Waals surface area contributed by atoms with Crippen molar-refractivity contribution in [3.05, 3.63) is 264 Å². The van der Waals surface area contributed by atoms with Gasteiger partial charge >= 0.3 is 0 Å². The second-order valence-corrected chi connectivity index (χ2v) is 20.1. The maximum absolute atomic E-state index is 4.71. The Morgan fingerprint density at radius 2 is 1.00 bits per heavy atom. The third kappa shape index (κ3) is 7.16. The van der Waals surface area contributed by atoms with E-state index in [1.165, 1.54) is 55.8 Å². The average Bonchev–Trinajstić information content (AvgIpc) is 3.41. The first-order chi connectivity index (χ1) is 35.0. The predicted octanol–water partition coefficient (Wildman–Crippen LogP) is 19.7. The summed E-state index contributed by atoms with van der Waals surface area (Å²) in [6.45, 7) is 27.4. The summed E-state index contributed by atoms with van der Waals surface area (Å²) in [5, 5.41) is 4.63. The van der Waals surface area contributed by atoms with Gasteiger partial charge in [-0.15, -0.1) is 0 Å². The second-order valence-electron chi connectivity index (χ2n) is 20.1. The summed E-state index contributed by atoms with van der Waals surface area (Å²) in [7, 11) is 0. The molecule has 0 N–H and O–H groups in total. The van der Waals surface area contributed by atoms with Gasteiger partial charge in [-0.1, -0.05) is 223 Å². The van der Waals surface area contributed by atoms with Crippen LogP contribution < -0.4 is 9.80 Å². The van der Waals surface area contributed by atoms with E-state index in [1.807, 2.05) is 12.2 Å². The summed E-state index contributed by atoms with van der Waals surface area (Å²) in [5.41, 5.74) is 21.4. The predicted molar refractivity (Wildman–Crippen MR) is 313 cm³/mol. The van der Waals surface area contributed by atoms with E-state index in [2.05, 4.69) is 271 Å². The van der Waals surface area contributed by atoms with E-state index in [0.29, 0.717) is 0 Å². The molecule has 0 bridgehead atoms. The van der Waals surface area contributed by atoms with Crippen LogP contribution in [0.1, 0.15) is 80.5 Å². The minimum absolute atomic E-state index is 0.188. The first-order valence-electron chi connectivity index (χ1n) is 25.2. The number of hydrogen-bond acceptors (Lipinski definition) is 2. The molecule has 0 atom stereocenters. The van der Waals surface area contributed by atoms with Gasteiger partial charge in [0.15, 0.2) is 0 Å². The highest BCUT2D eigenvalue weighted by Gasteiger charge is 2.38. The molecule has 0 unspecified atom stereocenters. The van der Waals surface area contributed by atoms with Crippen molar-refractivity contribution in [1.82, 2.24) is 0 Å². The zero-order valence-corrected chi connectivity index (χ0v) is 42.3. The molecule has 11 rings (SSSR count). The van der Waals surface area contributed by atoms with E-state index in [1.54, 1.807) is 0 Å². The van der Waals surface area contributed by atoms with E-state index in [-0.39, 0.29) is 10.8 Å². The lowest BCUT2D eigenvalue weighted by Gasteiger charge is -2.42. The van der Waals surface area contributed by atoms with Gasteiger partial charge in [0.05, 0.1) is 11.4 Å². The summed E-state index contributed by atoms with van der Waals surface area (Å²) in [6.07, 6.45) is 15.2. The van der Waals surface area contributed by atoms with Crippen molar-refractivity contribution in [2.45, 2.75) is 52.4 Å². The largest absolute Gasteiger partial charge is 0.321 e. The molecule has 0 saturated heterocycles. The molecule has 0 fully saturated rings. The van der Waals surface area contributed by atoms with Crippen LogP contribution in [0.15, 0.2) is 225 Å². The van der Waals surface area contributed by atoms with Gasteiger partial charge in [-0.05, 0) is 150 Å². The number of hydrogen-bond donors (Lipinski definition) is 0. The maximum Gasteiger partial charge on any atom is 0.0502 e. The Kier molecular flexibility index (Phi) is 11.5. The van der Waals surface area contributed by atoms with Crippen LogP contribution in [0.4, 0.5) is 22.7 Å². The molecule has 2 heterocycles. The fourth-order valence-electron chi connectivity index (χ4n) is 12.1. The van der Waals surface area contributed by atoms with Gasteiger partial charge in [0, 0.05) is 34.1 Å². The highest BCUT2D eigenvalue weighted by Crippen LogP contribution is 2.54. The Labute approximate surface area is 426 Å². The lowest BCUT2D eigenvalue weighted by atomic mass is 9.73. The number of fused-ring (bicyclic) bond motifs is 5. The first-order valence-corrected chi connectivity index (χ1v) is 25.2. The molecule has 2 aliphatic rings. The van der Waals surface area contributed by atoms with Crippen LogP contribution in [-0.2, 0) is 10.8 Å². The molecule has 9 aromatic rings. The van der Waals surface area contributed by atoms with Crippen LogP contribution >= 0.6 is 0 Å². The van der Waals surface area contributed by atoms with Crippen molar-refractivity contribution in [2.75, 3.05) is 9.80 Å². The molecule has 350 valence electrons. The van der Waals surface area contributed by atoms with Gasteiger partial charge in [-0.3, -0.25) is 0 Å². The SMILES string of the molecule is C=Cc1c(-c2ccccc2)ccc(-c2c(C=C)c(/C=C/N3C(C)=C(/C=C\C)C(C)(C)c4ccccc43)c(-c3cccc4ccccc34)c3ccc(N4c5ccccc5C(C)(C)c5ccccc54)cc23)c1C=C. The smallest absolute Gasteiger partial charge is 0.0502 e. The Balaban J connectivity index is 1.29. The molecule has 2 aliphatic heterocycles. The van der Waals surface area contributed by atoms with Crippen LogP contribution in [0.5, 0.6) is 0 Å². The molecule has 72 heavy (non-hydrogen) atoms. The van der Waals surface area contributed by atoms with Crippen molar-refractivity contribution < 1.29 is 0 Å². The summed E-state index contributed by atoms with van der Waals surface area (Å²) >= 11 is 0. The van der Waals surface area contributed by atoms with E-state index in [9.17, 15) is 0 Å². The van der Waals surface area contributed by atoms with Crippen LogP contribution in [0.25, 0.3) is 79.2 Å². The molecular formula is C70H60N2. The molecule has 2 heteroatoms. The monoisotopic (exact) mass is 928 g/mol. The van der Waals surface area contributed by atoms with E-state index < -0.39 is 0 Å². The van der Waals surface area contributed by atoms with E-state index in [4.69, 9.17) is 6.58 Å². The van der Waals surface area contributed by atoms with E-state index in [0.717, 1.165) is 72.1 Å². The average molecular weight is 929 g/mol. The molecule has 0 spiro atoms. The van der Waals surface area contributed by atoms with Crippen molar-refractivity contribution in [3.8, 4) is 33.4 Å². The van der Waals surface area contributed by atoms with Gasteiger partial charge < -0.3 is 9.80 Å². The lowest BCUT2D eigenvalue weighted by Crippen LogP contribution is -2.32. The number of nitrogens with zero attached hydrogens (tertiary/aromatic N) is 2. The van der Waals surface area contributed by atoms with Crippen molar-refractivity contribution in [2.24, 2.45) is 0 Å². The molecule has 0 aliphatic carbocycles. The first kappa shape index (κ1) is 46.0. The third-order valence-electron chi connectivity index (χ3n) is 15.6. The van der Waals surface area contributed by atoms with Crippen LogP contribution in [0.2, 0.25) is 0 Å². The van der Waals surface area contributed by atoms with Gasteiger partial charge in [-0.2, -0.15) is 0 Å². The lowest BCUT2D eigenvalue weighted by molar-refractivity contribution is 0.617. The molecule has 0 amide bonds. The molecule has 0 saturated carbocycles. The summed E-state index contributed by atoms with van der Waals surface area (Å²) in [4.78, 5) is 4.85. The topological polar surface area (TPSA) is 6.48 Å². The zero-order chi connectivity index (χ0) is 49.9. The normalized spacial score (nSPS) is 14.7. The molecular weight excluding hydrogens is 869 g/mol. The zero-order valence-electron chi connectivity index (χ0n) is 42.3. The number of rotatable bonds is 10. The van der Waals surface area contributed by atoms with Crippen LogP contribution in [0.3, 0.4) is 0 Å². The molecule has 0 aromatic heterocycles. The Hall–Kier alpha value is -8.46. The van der Waals surface area contributed by atoms with Gasteiger partial charge in [-0.25, -0.2) is 0 Å². The Morgan fingerprint density at radius 3 is 1.67 bits per heavy atom. The Morgan fingerprint density at radius 1 is 0.444 bits per heavy atom. The van der Waals surface area contributed by atoms with Crippen molar-refractivity contribution >= 4 is 68.6 Å². The van der Waals surface area contributed by atoms with Crippen molar-refractivity contribution in [1.29, 1.82) is 0 Å². The fraction of sp³-hybridized carbons (Fsp3) is 0.114. The van der Waals surface area contributed by atoms with Gasteiger partial charge in [0.1, 0.15) is 0 Å². The number of para-hydroxylation sites is 3. The number of allylic oxidation sites excluding steroid dienone is 4. The minimum atomic E-state index is -0.198. The molecule has 2 nitrogen and oxygen atoms in total. The third-order valence-corrected chi connectivity index (χ3v) is 15.6. The minimum Gasteiger partial charge on any atom is -0.321 e.